The Morgan fingerprint density at radius 2 is 1.38 bits per heavy atom. The minimum Gasteiger partial charge on any atom is -0.375 e. The van der Waals surface area contributed by atoms with E-state index in [2.05, 4.69) is 27.7 Å². The van der Waals surface area contributed by atoms with Gasteiger partial charge in [-0.05, 0) is 25.7 Å². The number of ether oxygens (including phenoxy) is 1. The molecule has 0 aliphatic carbocycles. The quantitative estimate of drug-likeness (QED) is 0.553. The van der Waals surface area contributed by atoms with Crippen molar-refractivity contribution in [2.45, 2.75) is 71.8 Å². The highest BCUT2D eigenvalue weighted by molar-refractivity contribution is 4.78. The van der Waals surface area contributed by atoms with Crippen LogP contribution < -0.4 is 0 Å². The van der Waals surface area contributed by atoms with Crippen molar-refractivity contribution in [3.05, 3.63) is 0 Å². The number of rotatable bonds is 8. The van der Waals surface area contributed by atoms with Crippen LogP contribution in [0.2, 0.25) is 0 Å². The SMILES string of the molecule is CCCOC(CC)(CCC)CCC. The maximum Gasteiger partial charge on any atom is 0.0679 e. The molecule has 0 atom stereocenters. The number of hydrogen-bond acceptors (Lipinski definition) is 1. The lowest BCUT2D eigenvalue weighted by atomic mass is 9.90. The molecular weight excluding hydrogens is 160 g/mol. The zero-order chi connectivity index (χ0) is 10.2. The summed E-state index contributed by atoms with van der Waals surface area (Å²) in [6.45, 7) is 9.85. The maximum absolute atomic E-state index is 6.01. The molecule has 13 heavy (non-hydrogen) atoms. The lowest BCUT2D eigenvalue weighted by Crippen LogP contribution is -2.32. The molecule has 0 N–H and O–H groups in total. The van der Waals surface area contributed by atoms with Crippen molar-refractivity contribution in [2.75, 3.05) is 6.61 Å². The summed E-state index contributed by atoms with van der Waals surface area (Å²) >= 11 is 0. The minimum atomic E-state index is 0.194. The highest BCUT2D eigenvalue weighted by Crippen LogP contribution is 2.28. The molecule has 0 fully saturated rings. The smallest absolute Gasteiger partial charge is 0.0679 e. The largest absolute Gasteiger partial charge is 0.375 e. The Labute approximate surface area is 83.9 Å². The molecular formula is C12H26O. The third-order valence-corrected chi connectivity index (χ3v) is 2.67. The Balaban J connectivity index is 4.07. The van der Waals surface area contributed by atoms with Crippen LogP contribution in [0.4, 0.5) is 0 Å². The van der Waals surface area contributed by atoms with Crippen molar-refractivity contribution in [1.82, 2.24) is 0 Å². The van der Waals surface area contributed by atoms with E-state index in [9.17, 15) is 0 Å². The van der Waals surface area contributed by atoms with Gasteiger partial charge >= 0.3 is 0 Å². The summed E-state index contributed by atoms with van der Waals surface area (Å²) in [7, 11) is 0. The topological polar surface area (TPSA) is 9.23 Å². The van der Waals surface area contributed by atoms with E-state index in [0.29, 0.717) is 0 Å². The lowest BCUT2D eigenvalue weighted by molar-refractivity contribution is -0.0610. The first-order valence-electron chi connectivity index (χ1n) is 5.88. The fourth-order valence-corrected chi connectivity index (χ4v) is 1.95. The van der Waals surface area contributed by atoms with Crippen LogP contribution in [0.1, 0.15) is 66.2 Å². The summed E-state index contributed by atoms with van der Waals surface area (Å²) in [5.74, 6) is 0. The lowest BCUT2D eigenvalue weighted by Gasteiger charge is -2.32. The first kappa shape index (κ1) is 13.0. The summed E-state index contributed by atoms with van der Waals surface area (Å²) in [6, 6.07) is 0. The van der Waals surface area contributed by atoms with Crippen LogP contribution in [0.25, 0.3) is 0 Å². The van der Waals surface area contributed by atoms with Crippen LogP contribution in [-0.4, -0.2) is 12.2 Å². The van der Waals surface area contributed by atoms with Crippen molar-refractivity contribution in [3.8, 4) is 0 Å². The fourth-order valence-electron chi connectivity index (χ4n) is 1.95. The molecule has 0 aromatic heterocycles. The Hall–Kier alpha value is -0.0400. The summed E-state index contributed by atoms with van der Waals surface area (Å²) in [6.07, 6.45) is 7.20. The molecule has 0 aromatic carbocycles. The minimum absolute atomic E-state index is 0.194. The van der Waals surface area contributed by atoms with E-state index in [1.807, 2.05) is 0 Å². The van der Waals surface area contributed by atoms with Gasteiger partial charge in [-0.15, -0.1) is 0 Å². The van der Waals surface area contributed by atoms with Gasteiger partial charge in [-0.3, -0.25) is 0 Å². The van der Waals surface area contributed by atoms with E-state index in [4.69, 9.17) is 4.74 Å². The monoisotopic (exact) mass is 186 g/mol. The Morgan fingerprint density at radius 1 is 0.846 bits per heavy atom. The van der Waals surface area contributed by atoms with E-state index in [-0.39, 0.29) is 5.60 Å². The van der Waals surface area contributed by atoms with E-state index in [1.165, 1.54) is 25.7 Å². The van der Waals surface area contributed by atoms with Gasteiger partial charge in [0.2, 0.25) is 0 Å². The number of hydrogen-bond donors (Lipinski definition) is 0. The van der Waals surface area contributed by atoms with E-state index in [0.717, 1.165) is 19.4 Å². The summed E-state index contributed by atoms with van der Waals surface area (Å²) in [5, 5.41) is 0. The second kappa shape index (κ2) is 7.37. The van der Waals surface area contributed by atoms with Crippen LogP contribution in [0.15, 0.2) is 0 Å². The van der Waals surface area contributed by atoms with E-state index < -0.39 is 0 Å². The third-order valence-electron chi connectivity index (χ3n) is 2.67. The molecule has 0 saturated carbocycles. The average molecular weight is 186 g/mol. The molecule has 0 aliphatic heterocycles. The molecule has 0 amide bonds. The van der Waals surface area contributed by atoms with Crippen LogP contribution in [0.3, 0.4) is 0 Å². The predicted molar refractivity (Wildman–Crippen MR) is 59.1 cm³/mol. The predicted octanol–water partition coefficient (Wildman–Crippen LogP) is 4.16. The molecule has 80 valence electrons. The first-order chi connectivity index (χ1) is 6.24. The highest BCUT2D eigenvalue weighted by atomic mass is 16.5. The van der Waals surface area contributed by atoms with Crippen molar-refractivity contribution < 1.29 is 4.74 Å². The zero-order valence-electron chi connectivity index (χ0n) is 9.86. The Kier molecular flexibility index (Phi) is 7.35. The van der Waals surface area contributed by atoms with Crippen LogP contribution in [-0.2, 0) is 4.74 Å². The standard InChI is InChI=1S/C12H26O/c1-5-9-12(8-4,10-6-2)13-11-7-3/h5-11H2,1-4H3. The Bertz CT molecular complexity index is 104. The third kappa shape index (κ3) is 4.66. The van der Waals surface area contributed by atoms with Crippen molar-refractivity contribution in [1.29, 1.82) is 0 Å². The van der Waals surface area contributed by atoms with Gasteiger partial charge < -0.3 is 4.74 Å². The molecule has 0 unspecified atom stereocenters. The molecule has 0 aliphatic rings. The second-order valence-electron chi connectivity index (χ2n) is 3.89. The zero-order valence-corrected chi connectivity index (χ0v) is 9.86. The van der Waals surface area contributed by atoms with Gasteiger partial charge in [0.1, 0.15) is 0 Å². The Morgan fingerprint density at radius 3 is 1.69 bits per heavy atom. The highest BCUT2D eigenvalue weighted by Gasteiger charge is 2.26. The van der Waals surface area contributed by atoms with Crippen LogP contribution >= 0.6 is 0 Å². The van der Waals surface area contributed by atoms with Gasteiger partial charge in [0.15, 0.2) is 0 Å². The van der Waals surface area contributed by atoms with Crippen LogP contribution in [0.5, 0.6) is 0 Å². The van der Waals surface area contributed by atoms with Gasteiger partial charge in [-0.2, -0.15) is 0 Å². The van der Waals surface area contributed by atoms with E-state index >= 15 is 0 Å². The van der Waals surface area contributed by atoms with Crippen molar-refractivity contribution >= 4 is 0 Å². The second-order valence-corrected chi connectivity index (χ2v) is 3.89. The van der Waals surface area contributed by atoms with Gasteiger partial charge in [0.25, 0.3) is 0 Å². The maximum atomic E-state index is 6.01. The summed E-state index contributed by atoms with van der Waals surface area (Å²) in [4.78, 5) is 0. The first-order valence-corrected chi connectivity index (χ1v) is 5.88. The average Bonchev–Trinajstić information content (AvgIpc) is 2.15. The van der Waals surface area contributed by atoms with E-state index in [1.54, 1.807) is 0 Å². The van der Waals surface area contributed by atoms with Crippen molar-refractivity contribution in [3.63, 3.8) is 0 Å². The summed E-state index contributed by atoms with van der Waals surface area (Å²) < 4.78 is 6.01. The molecule has 1 nitrogen and oxygen atoms in total. The van der Waals surface area contributed by atoms with Crippen molar-refractivity contribution in [2.24, 2.45) is 0 Å². The van der Waals surface area contributed by atoms with Gasteiger partial charge in [-0.25, -0.2) is 0 Å². The van der Waals surface area contributed by atoms with Gasteiger partial charge in [0, 0.05) is 6.61 Å². The molecule has 0 bridgehead atoms. The normalized spacial score (nSPS) is 12.0. The summed E-state index contributed by atoms with van der Waals surface area (Å²) in [5.41, 5.74) is 0.194. The molecule has 0 spiro atoms. The van der Waals surface area contributed by atoms with Gasteiger partial charge in [-0.1, -0.05) is 40.5 Å². The van der Waals surface area contributed by atoms with Gasteiger partial charge in [0.05, 0.1) is 5.60 Å². The molecule has 0 radical (unpaired) electrons. The molecule has 1 heteroatoms. The molecule has 0 saturated heterocycles. The van der Waals surface area contributed by atoms with Crippen LogP contribution in [0, 0.1) is 0 Å². The molecule has 0 heterocycles. The fraction of sp³-hybridized carbons (Fsp3) is 1.00. The molecule has 0 rings (SSSR count). The molecule has 0 aromatic rings.